The number of pyridine rings is 1. The van der Waals surface area contributed by atoms with Gasteiger partial charge in [0.25, 0.3) is 0 Å². The molecule has 0 saturated heterocycles. The van der Waals surface area contributed by atoms with Gasteiger partial charge < -0.3 is 4.74 Å². The van der Waals surface area contributed by atoms with Gasteiger partial charge in [-0.2, -0.15) is 0 Å². The van der Waals surface area contributed by atoms with Crippen molar-refractivity contribution >= 4 is 35.0 Å². The van der Waals surface area contributed by atoms with Gasteiger partial charge in [0.05, 0.1) is 21.8 Å². The lowest BCUT2D eigenvalue weighted by atomic mass is 10.4. The van der Waals surface area contributed by atoms with E-state index in [1.165, 1.54) is 12.4 Å². The molecule has 6 heteroatoms. The largest absolute Gasteiger partial charge is 0.447 e. The minimum atomic E-state index is -0.597. The van der Waals surface area contributed by atoms with Crippen molar-refractivity contribution in [3.8, 4) is 0 Å². The molecule has 1 heterocycles. The van der Waals surface area contributed by atoms with Crippen LogP contribution in [0.1, 0.15) is 13.8 Å². The van der Waals surface area contributed by atoms with E-state index in [1.807, 2.05) is 0 Å². The summed E-state index contributed by atoms with van der Waals surface area (Å²) in [5, 5.41) is 2.98. The van der Waals surface area contributed by atoms with Crippen LogP contribution in [0.3, 0.4) is 0 Å². The number of aromatic nitrogens is 1. The summed E-state index contributed by atoms with van der Waals surface area (Å²) in [5.74, 6) is 0. The molecule has 1 aromatic rings. The number of carbonyl (C=O) groups excluding carboxylic acids is 1. The van der Waals surface area contributed by atoms with Crippen LogP contribution in [0.4, 0.5) is 10.5 Å². The molecular weight excluding hydrogens is 239 g/mol. The molecule has 0 bridgehead atoms. The Kier molecular flexibility index (Phi) is 4.17. The van der Waals surface area contributed by atoms with Crippen molar-refractivity contribution in [2.24, 2.45) is 0 Å². The first kappa shape index (κ1) is 12.1. The van der Waals surface area contributed by atoms with Crippen LogP contribution in [0.25, 0.3) is 0 Å². The molecule has 0 spiro atoms. The van der Waals surface area contributed by atoms with Gasteiger partial charge in [-0.05, 0) is 13.8 Å². The van der Waals surface area contributed by atoms with Crippen molar-refractivity contribution in [1.29, 1.82) is 0 Å². The van der Waals surface area contributed by atoms with E-state index >= 15 is 0 Å². The topological polar surface area (TPSA) is 51.2 Å². The van der Waals surface area contributed by atoms with Gasteiger partial charge in [-0.3, -0.25) is 10.3 Å². The molecule has 0 fully saturated rings. The highest BCUT2D eigenvalue weighted by atomic mass is 35.5. The number of carbonyl (C=O) groups is 1. The van der Waals surface area contributed by atoms with Gasteiger partial charge in [0.15, 0.2) is 0 Å². The normalized spacial score (nSPS) is 10.2. The Morgan fingerprint density at radius 2 is 1.93 bits per heavy atom. The Morgan fingerprint density at radius 1 is 1.40 bits per heavy atom. The Morgan fingerprint density at radius 3 is 2.40 bits per heavy atom. The van der Waals surface area contributed by atoms with Crippen molar-refractivity contribution in [1.82, 2.24) is 4.98 Å². The summed E-state index contributed by atoms with van der Waals surface area (Å²) in [6.45, 7) is 3.49. The monoisotopic (exact) mass is 248 g/mol. The third-order valence-electron chi connectivity index (χ3n) is 1.42. The summed E-state index contributed by atoms with van der Waals surface area (Å²) >= 11 is 11.6. The second kappa shape index (κ2) is 5.19. The minimum Gasteiger partial charge on any atom is -0.447 e. The molecule has 15 heavy (non-hydrogen) atoms. The molecule has 4 nitrogen and oxygen atoms in total. The zero-order valence-electron chi connectivity index (χ0n) is 8.25. The molecule has 1 rings (SSSR count). The van der Waals surface area contributed by atoms with Crippen LogP contribution in [-0.2, 0) is 4.74 Å². The maximum Gasteiger partial charge on any atom is 0.411 e. The predicted octanol–water partition coefficient (Wildman–Crippen LogP) is 3.35. The van der Waals surface area contributed by atoms with Crippen LogP contribution in [-0.4, -0.2) is 17.2 Å². The second-order valence-electron chi connectivity index (χ2n) is 3.06. The smallest absolute Gasteiger partial charge is 0.411 e. The van der Waals surface area contributed by atoms with Crippen molar-refractivity contribution in [2.75, 3.05) is 5.32 Å². The first-order chi connectivity index (χ1) is 7.00. The molecule has 1 amide bonds. The number of rotatable bonds is 2. The van der Waals surface area contributed by atoms with Crippen LogP contribution in [0.2, 0.25) is 10.0 Å². The molecule has 0 radical (unpaired) electrons. The zero-order valence-corrected chi connectivity index (χ0v) is 9.76. The minimum absolute atomic E-state index is 0.204. The molecule has 0 aliphatic carbocycles. The highest BCUT2D eigenvalue weighted by Gasteiger charge is 2.11. The summed E-state index contributed by atoms with van der Waals surface area (Å²) < 4.78 is 4.88. The fourth-order valence-corrected chi connectivity index (χ4v) is 1.34. The lowest BCUT2D eigenvalue weighted by Crippen LogP contribution is -2.18. The van der Waals surface area contributed by atoms with Gasteiger partial charge in [-0.25, -0.2) is 4.79 Å². The molecule has 0 unspecified atom stereocenters. The number of nitrogens with one attached hydrogen (secondary N) is 1. The van der Waals surface area contributed by atoms with Crippen molar-refractivity contribution in [2.45, 2.75) is 20.0 Å². The van der Waals surface area contributed by atoms with Crippen molar-refractivity contribution in [3.05, 3.63) is 22.4 Å². The Labute approximate surface area is 97.5 Å². The maximum absolute atomic E-state index is 11.3. The molecule has 1 aromatic heterocycles. The van der Waals surface area contributed by atoms with Crippen LogP contribution >= 0.6 is 23.2 Å². The molecule has 0 atom stereocenters. The van der Waals surface area contributed by atoms with Crippen LogP contribution in [0.5, 0.6) is 0 Å². The predicted molar refractivity (Wildman–Crippen MR) is 59.5 cm³/mol. The van der Waals surface area contributed by atoms with Crippen LogP contribution < -0.4 is 5.32 Å². The summed E-state index contributed by atoms with van der Waals surface area (Å²) in [4.78, 5) is 15.0. The number of hydrogen-bond acceptors (Lipinski definition) is 3. The van der Waals surface area contributed by atoms with E-state index in [4.69, 9.17) is 27.9 Å². The number of halogens is 2. The van der Waals surface area contributed by atoms with E-state index in [0.29, 0.717) is 5.69 Å². The molecule has 0 aromatic carbocycles. The summed E-state index contributed by atoms with van der Waals surface area (Å²) in [7, 11) is 0. The third kappa shape index (κ3) is 3.57. The van der Waals surface area contributed by atoms with E-state index in [-0.39, 0.29) is 16.1 Å². The first-order valence-corrected chi connectivity index (χ1v) is 5.03. The van der Waals surface area contributed by atoms with E-state index in [0.717, 1.165) is 0 Å². The lowest BCUT2D eigenvalue weighted by molar-refractivity contribution is 0.130. The number of amides is 1. The number of nitrogens with zero attached hydrogens (tertiary/aromatic N) is 1. The average molecular weight is 249 g/mol. The van der Waals surface area contributed by atoms with Gasteiger partial charge in [-0.15, -0.1) is 0 Å². The van der Waals surface area contributed by atoms with E-state index in [1.54, 1.807) is 13.8 Å². The molecular formula is C9H10Cl2N2O2. The number of ether oxygens (including phenoxy) is 1. The zero-order chi connectivity index (χ0) is 11.4. The lowest BCUT2D eigenvalue weighted by Gasteiger charge is -2.11. The van der Waals surface area contributed by atoms with Gasteiger partial charge in [-0.1, -0.05) is 23.2 Å². The maximum atomic E-state index is 11.3. The van der Waals surface area contributed by atoms with E-state index in [9.17, 15) is 4.79 Å². The van der Waals surface area contributed by atoms with Gasteiger partial charge in [0, 0.05) is 12.4 Å². The molecule has 0 aliphatic rings. The standard InChI is InChI=1S/C9H10Cl2N2O2/c1-5(2)15-9(14)13-8-6(10)3-12-4-7(8)11/h3-5H,1-2H3,(H,12,13,14). The first-order valence-electron chi connectivity index (χ1n) is 4.27. The van der Waals surface area contributed by atoms with Crippen LogP contribution in [0.15, 0.2) is 12.4 Å². The Hall–Kier alpha value is -1.00. The quantitative estimate of drug-likeness (QED) is 0.874. The van der Waals surface area contributed by atoms with E-state index < -0.39 is 6.09 Å². The highest BCUT2D eigenvalue weighted by Crippen LogP contribution is 2.28. The summed E-state index contributed by atoms with van der Waals surface area (Å²) in [6, 6.07) is 0. The van der Waals surface area contributed by atoms with Crippen molar-refractivity contribution in [3.63, 3.8) is 0 Å². The fraction of sp³-hybridized carbons (Fsp3) is 0.333. The second-order valence-corrected chi connectivity index (χ2v) is 3.87. The molecule has 0 aliphatic heterocycles. The van der Waals surface area contributed by atoms with E-state index in [2.05, 4.69) is 10.3 Å². The van der Waals surface area contributed by atoms with Crippen LogP contribution in [0, 0.1) is 0 Å². The Balaban J connectivity index is 2.76. The summed E-state index contributed by atoms with van der Waals surface area (Å²) in [5.41, 5.74) is 0.305. The Bertz CT molecular complexity index is 349. The fourth-order valence-electron chi connectivity index (χ4n) is 0.876. The highest BCUT2D eigenvalue weighted by molar-refractivity contribution is 6.39. The van der Waals surface area contributed by atoms with Gasteiger partial charge in [0.2, 0.25) is 0 Å². The van der Waals surface area contributed by atoms with Gasteiger partial charge in [0.1, 0.15) is 0 Å². The molecule has 0 saturated carbocycles. The van der Waals surface area contributed by atoms with Gasteiger partial charge >= 0.3 is 6.09 Å². The third-order valence-corrected chi connectivity index (χ3v) is 2.00. The molecule has 82 valence electrons. The average Bonchev–Trinajstić information content (AvgIpc) is 2.10. The number of anilines is 1. The number of hydrogen-bond donors (Lipinski definition) is 1. The summed E-state index contributed by atoms with van der Waals surface area (Å²) in [6.07, 6.45) is 1.97. The SMILES string of the molecule is CC(C)OC(=O)Nc1c(Cl)cncc1Cl. The molecule has 1 N–H and O–H groups in total. The van der Waals surface area contributed by atoms with Crippen molar-refractivity contribution < 1.29 is 9.53 Å².